The van der Waals surface area contributed by atoms with Crippen LogP contribution in [0, 0.1) is 6.92 Å². The second kappa shape index (κ2) is 6.43. The molecule has 1 N–H and O–H groups in total. The summed E-state index contributed by atoms with van der Waals surface area (Å²) in [5.41, 5.74) is 8.59. The van der Waals surface area contributed by atoms with Crippen LogP contribution in [0.1, 0.15) is 46.2 Å². The predicted molar refractivity (Wildman–Crippen MR) is 125 cm³/mol. The van der Waals surface area contributed by atoms with E-state index in [2.05, 4.69) is 21.1 Å². The lowest BCUT2D eigenvalue weighted by molar-refractivity contribution is -0.0220. The molecule has 4 aromatic rings. The number of aromatic nitrogens is 4. The minimum atomic E-state index is -2.60. The third kappa shape index (κ3) is 2.47. The van der Waals surface area contributed by atoms with Crippen LogP contribution in [0.15, 0.2) is 36.7 Å². The number of fused-ring (bicyclic) bond motifs is 10. The van der Waals surface area contributed by atoms with E-state index >= 15 is 0 Å². The largest absolute Gasteiger partial charge is 0.371 e. The summed E-state index contributed by atoms with van der Waals surface area (Å²) < 4.78 is 29.3. The van der Waals surface area contributed by atoms with Crippen molar-refractivity contribution in [2.75, 3.05) is 22.9 Å². The number of piperidine rings is 1. The first-order chi connectivity index (χ1) is 16.3. The van der Waals surface area contributed by atoms with Crippen molar-refractivity contribution in [1.29, 1.82) is 0 Å². The summed E-state index contributed by atoms with van der Waals surface area (Å²) in [7, 11) is 1.85. The summed E-state index contributed by atoms with van der Waals surface area (Å²) >= 11 is 0. The Morgan fingerprint density at radius 1 is 1.15 bits per heavy atom. The van der Waals surface area contributed by atoms with Crippen LogP contribution >= 0.6 is 0 Å². The summed E-state index contributed by atoms with van der Waals surface area (Å²) in [4.78, 5) is 25.2. The van der Waals surface area contributed by atoms with Crippen LogP contribution in [0.25, 0.3) is 22.2 Å². The molecule has 1 fully saturated rings. The van der Waals surface area contributed by atoms with Gasteiger partial charge >= 0.3 is 0 Å². The fourth-order valence-corrected chi connectivity index (χ4v) is 5.77. The van der Waals surface area contributed by atoms with Gasteiger partial charge in [-0.3, -0.25) is 14.4 Å². The van der Waals surface area contributed by atoms with Crippen molar-refractivity contribution in [3.05, 3.63) is 59.2 Å². The molecule has 5 heterocycles. The number of amides is 1. The van der Waals surface area contributed by atoms with Gasteiger partial charge in [0.2, 0.25) is 0 Å². The zero-order valence-electron chi connectivity index (χ0n) is 18.8. The number of alkyl halides is 2. The van der Waals surface area contributed by atoms with Crippen molar-refractivity contribution < 1.29 is 13.6 Å². The molecule has 7 rings (SSSR count). The molecule has 1 unspecified atom stereocenters. The summed E-state index contributed by atoms with van der Waals surface area (Å²) in [5, 5.41) is 4.52. The number of aryl methyl sites for hydroxylation is 1. The molecule has 9 heteroatoms. The molecule has 0 spiro atoms. The molecule has 2 aromatic heterocycles. The number of H-pyrrole nitrogens is 1. The fourth-order valence-electron chi connectivity index (χ4n) is 5.77. The van der Waals surface area contributed by atoms with Gasteiger partial charge in [-0.25, -0.2) is 13.8 Å². The molecule has 3 aliphatic heterocycles. The number of hydrogen-bond acceptors (Lipinski definition) is 4. The number of nitrogens with one attached hydrogen (secondary N) is 1. The van der Waals surface area contributed by atoms with E-state index in [4.69, 9.17) is 0 Å². The summed E-state index contributed by atoms with van der Waals surface area (Å²) in [6.45, 7) is 2.60. The van der Waals surface area contributed by atoms with E-state index in [-0.39, 0.29) is 24.8 Å². The first-order valence-corrected chi connectivity index (χ1v) is 11.4. The first-order valence-electron chi connectivity index (χ1n) is 11.4. The highest BCUT2D eigenvalue weighted by molar-refractivity contribution is 6.17. The van der Waals surface area contributed by atoms with Gasteiger partial charge in [0.15, 0.2) is 5.69 Å². The number of imidazole rings is 1. The van der Waals surface area contributed by atoms with E-state index in [0.717, 1.165) is 50.4 Å². The molecule has 34 heavy (non-hydrogen) atoms. The van der Waals surface area contributed by atoms with Crippen molar-refractivity contribution in [2.45, 2.75) is 31.7 Å². The number of halogens is 2. The number of carbonyl (C=O) groups is 1. The van der Waals surface area contributed by atoms with E-state index in [9.17, 15) is 13.6 Å². The number of rotatable bonds is 1. The first kappa shape index (κ1) is 19.7. The number of carbonyl (C=O) groups excluding carboxylic acids is 1. The van der Waals surface area contributed by atoms with Gasteiger partial charge in [-0.2, -0.15) is 5.10 Å². The highest BCUT2D eigenvalue weighted by atomic mass is 19.3. The number of nitrogens with zero attached hydrogens (tertiary/aromatic N) is 5. The summed E-state index contributed by atoms with van der Waals surface area (Å²) in [6, 6.07) is 9.73. The standard InChI is InChI=1S/C25H22F2N6O/c1-13-19-22(30-31(13)2)24(34)33-18-6-5-17-21(29-12-28-17)20(18)16-11-14(3-4-15(16)23(19)33)32-9-7-25(26,27)8-10-32/h3-6,11-12,23H,7-10H2,1-2H3,(H,28,29). The molecular weight excluding hydrogens is 438 g/mol. The summed E-state index contributed by atoms with van der Waals surface area (Å²) in [6.07, 6.45) is 1.36. The molecule has 0 bridgehead atoms. The lowest BCUT2D eigenvalue weighted by Crippen LogP contribution is -2.39. The summed E-state index contributed by atoms with van der Waals surface area (Å²) in [5.74, 6) is -2.72. The zero-order valence-corrected chi connectivity index (χ0v) is 18.8. The molecule has 7 nitrogen and oxygen atoms in total. The van der Waals surface area contributed by atoms with Crippen molar-refractivity contribution in [2.24, 2.45) is 7.05 Å². The van der Waals surface area contributed by atoms with Crippen LogP contribution in [0.5, 0.6) is 0 Å². The van der Waals surface area contributed by atoms with Crippen molar-refractivity contribution in [3.8, 4) is 11.1 Å². The number of hydrogen-bond donors (Lipinski definition) is 1. The minimum absolute atomic E-state index is 0.118. The van der Waals surface area contributed by atoms with Gasteiger partial charge in [-0.15, -0.1) is 0 Å². The van der Waals surface area contributed by atoms with Gasteiger partial charge in [0.1, 0.15) is 0 Å². The zero-order chi connectivity index (χ0) is 23.4. The van der Waals surface area contributed by atoms with Crippen LogP contribution in [0.4, 0.5) is 20.2 Å². The number of benzene rings is 2. The Hall–Kier alpha value is -3.75. The molecule has 2 aromatic carbocycles. The van der Waals surface area contributed by atoms with E-state index in [1.54, 1.807) is 11.0 Å². The van der Waals surface area contributed by atoms with Crippen LogP contribution in [-0.4, -0.2) is 44.7 Å². The van der Waals surface area contributed by atoms with Gasteiger partial charge in [-0.05, 0) is 42.3 Å². The Kier molecular flexibility index (Phi) is 3.73. The average Bonchev–Trinajstić information content (AvgIpc) is 3.49. The van der Waals surface area contributed by atoms with Crippen LogP contribution in [-0.2, 0) is 7.05 Å². The second-order valence-electron chi connectivity index (χ2n) is 9.42. The monoisotopic (exact) mass is 460 g/mol. The quantitative estimate of drug-likeness (QED) is 0.452. The number of aromatic amines is 1. The number of anilines is 2. The molecular formula is C25H22F2N6O. The highest BCUT2D eigenvalue weighted by Crippen LogP contribution is 2.54. The minimum Gasteiger partial charge on any atom is -0.371 e. The van der Waals surface area contributed by atoms with Gasteiger partial charge in [0.25, 0.3) is 11.8 Å². The van der Waals surface area contributed by atoms with Crippen molar-refractivity contribution in [1.82, 2.24) is 19.7 Å². The normalized spacial score (nSPS) is 20.4. The third-order valence-corrected chi connectivity index (χ3v) is 7.62. The van der Waals surface area contributed by atoms with E-state index < -0.39 is 5.92 Å². The molecule has 3 aliphatic rings. The van der Waals surface area contributed by atoms with Crippen LogP contribution in [0.2, 0.25) is 0 Å². The van der Waals surface area contributed by atoms with Crippen LogP contribution < -0.4 is 9.80 Å². The molecule has 172 valence electrons. The highest BCUT2D eigenvalue weighted by Gasteiger charge is 2.47. The molecule has 1 atom stereocenters. The Labute approximate surface area is 194 Å². The Bertz CT molecular complexity index is 1510. The smallest absolute Gasteiger partial charge is 0.280 e. The van der Waals surface area contributed by atoms with E-state index in [1.165, 1.54) is 0 Å². The lowest BCUT2D eigenvalue weighted by Gasteiger charge is -2.37. The predicted octanol–water partition coefficient (Wildman–Crippen LogP) is 4.57. The molecule has 1 amide bonds. The molecule has 0 saturated carbocycles. The van der Waals surface area contributed by atoms with Gasteiger partial charge in [-0.1, -0.05) is 6.07 Å². The molecule has 1 saturated heterocycles. The van der Waals surface area contributed by atoms with E-state index in [1.807, 2.05) is 48.0 Å². The maximum Gasteiger partial charge on any atom is 0.280 e. The topological polar surface area (TPSA) is 70.0 Å². The maximum atomic E-state index is 13.8. The van der Waals surface area contributed by atoms with Crippen molar-refractivity contribution >= 4 is 28.3 Å². The fraction of sp³-hybridized carbons (Fsp3) is 0.320. The van der Waals surface area contributed by atoms with Crippen molar-refractivity contribution in [3.63, 3.8) is 0 Å². The SMILES string of the molecule is Cc1c2c(nn1C)C(=O)N1c3ccc4[nH]cnc4c3-c3cc(N4CCC(F)(F)CC4)ccc3C21. The third-order valence-electron chi connectivity index (χ3n) is 7.62. The molecule has 0 aliphatic carbocycles. The van der Waals surface area contributed by atoms with Gasteiger partial charge < -0.3 is 9.88 Å². The second-order valence-corrected chi connectivity index (χ2v) is 9.42. The average molecular weight is 460 g/mol. The Balaban J connectivity index is 1.47. The Morgan fingerprint density at radius 2 is 1.94 bits per heavy atom. The lowest BCUT2D eigenvalue weighted by atomic mass is 9.85. The van der Waals surface area contributed by atoms with Gasteiger partial charge in [0, 0.05) is 55.5 Å². The van der Waals surface area contributed by atoms with E-state index in [0.29, 0.717) is 18.8 Å². The Morgan fingerprint density at radius 3 is 2.74 bits per heavy atom. The maximum absolute atomic E-state index is 13.8. The van der Waals surface area contributed by atoms with Crippen LogP contribution in [0.3, 0.4) is 0 Å². The molecule has 0 radical (unpaired) electrons. The van der Waals surface area contributed by atoms with Gasteiger partial charge in [0.05, 0.1) is 29.1 Å².